The van der Waals surface area contributed by atoms with E-state index in [1.54, 1.807) is 0 Å². The molecule has 18 heavy (non-hydrogen) atoms. The lowest BCUT2D eigenvalue weighted by atomic mass is 9.77. The van der Waals surface area contributed by atoms with Crippen molar-refractivity contribution in [1.82, 2.24) is 0 Å². The first kappa shape index (κ1) is 15.2. The summed E-state index contributed by atoms with van der Waals surface area (Å²) in [5.41, 5.74) is 17.2. The second-order valence-corrected chi connectivity index (χ2v) is 5.69. The summed E-state index contributed by atoms with van der Waals surface area (Å²) in [7, 11) is 0. The van der Waals surface area contributed by atoms with E-state index in [1.165, 1.54) is 22.3 Å². The first-order valence-electron chi connectivity index (χ1n) is 6.90. The van der Waals surface area contributed by atoms with Gasteiger partial charge in [-0.05, 0) is 68.3 Å². The van der Waals surface area contributed by atoms with Crippen molar-refractivity contribution >= 4 is 0 Å². The standard InChI is InChI=1S/C16H28N2/c1-10-6-11(2)16(12(3)7-10)14(5)13(4)15(8-17)9-18/h6-7,13-15H,8-9,17-18H2,1-5H3. The first-order valence-corrected chi connectivity index (χ1v) is 6.90. The molecule has 0 aliphatic carbocycles. The second-order valence-electron chi connectivity index (χ2n) is 5.69. The predicted molar refractivity (Wildman–Crippen MR) is 79.8 cm³/mol. The Labute approximate surface area is 112 Å². The summed E-state index contributed by atoms with van der Waals surface area (Å²) >= 11 is 0. The molecule has 0 bridgehead atoms. The highest BCUT2D eigenvalue weighted by Crippen LogP contribution is 2.33. The van der Waals surface area contributed by atoms with Crippen molar-refractivity contribution in [2.45, 2.75) is 40.5 Å². The molecule has 0 aliphatic rings. The molecule has 1 rings (SSSR count). The maximum absolute atomic E-state index is 5.82. The van der Waals surface area contributed by atoms with Crippen LogP contribution in [0, 0.1) is 32.6 Å². The first-order chi connectivity index (χ1) is 8.42. The van der Waals surface area contributed by atoms with Gasteiger partial charge in [0.25, 0.3) is 0 Å². The monoisotopic (exact) mass is 248 g/mol. The van der Waals surface area contributed by atoms with Gasteiger partial charge in [0.15, 0.2) is 0 Å². The molecular weight excluding hydrogens is 220 g/mol. The molecule has 1 aromatic rings. The predicted octanol–water partition coefficient (Wildman–Crippen LogP) is 2.89. The lowest BCUT2D eigenvalue weighted by Crippen LogP contribution is -2.32. The summed E-state index contributed by atoms with van der Waals surface area (Å²) in [6, 6.07) is 4.54. The normalized spacial score (nSPS) is 14.9. The van der Waals surface area contributed by atoms with Crippen LogP contribution in [0.15, 0.2) is 12.1 Å². The number of rotatable bonds is 5. The molecule has 0 fully saturated rings. The van der Waals surface area contributed by atoms with E-state index in [0.29, 0.717) is 30.8 Å². The molecule has 0 saturated heterocycles. The van der Waals surface area contributed by atoms with E-state index >= 15 is 0 Å². The Morgan fingerprint density at radius 3 is 1.78 bits per heavy atom. The molecule has 102 valence electrons. The smallest absolute Gasteiger partial charge is 0.00340 e. The van der Waals surface area contributed by atoms with Crippen LogP contribution in [0.5, 0.6) is 0 Å². The molecule has 0 saturated carbocycles. The molecule has 2 nitrogen and oxygen atoms in total. The van der Waals surface area contributed by atoms with Gasteiger partial charge in [0.1, 0.15) is 0 Å². The fourth-order valence-corrected chi connectivity index (χ4v) is 3.11. The van der Waals surface area contributed by atoms with Crippen LogP contribution in [-0.2, 0) is 0 Å². The Morgan fingerprint density at radius 2 is 1.39 bits per heavy atom. The highest BCUT2D eigenvalue weighted by Gasteiger charge is 2.24. The zero-order chi connectivity index (χ0) is 13.9. The van der Waals surface area contributed by atoms with Crippen molar-refractivity contribution in [1.29, 1.82) is 0 Å². The summed E-state index contributed by atoms with van der Waals surface area (Å²) in [6.45, 7) is 12.5. The van der Waals surface area contributed by atoms with E-state index in [0.717, 1.165) is 0 Å². The molecule has 0 amide bonds. The third-order valence-electron chi connectivity index (χ3n) is 4.33. The van der Waals surface area contributed by atoms with Crippen LogP contribution < -0.4 is 11.5 Å². The van der Waals surface area contributed by atoms with Crippen molar-refractivity contribution in [3.63, 3.8) is 0 Å². The Hall–Kier alpha value is -0.860. The molecule has 1 aromatic carbocycles. The van der Waals surface area contributed by atoms with Crippen molar-refractivity contribution in [3.05, 3.63) is 34.4 Å². The fourth-order valence-electron chi connectivity index (χ4n) is 3.11. The lowest BCUT2D eigenvalue weighted by Gasteiger charge is -2.29. The molecule has 0 heterocycles. The van der Waals surface area contributed by atoms with Crippen LogP contribution in [0.1, 0.15) is 42.0 Å². The van der Waals surface area contributed by atoms with E-state index in [9.17, 15) is 0 Å². The summed E-state index contributed by atoms with van der Waals surface area (Å²) in [6.07, 6.45) is 0. The number of hydrogen-bond acceptors (Lipinski definition) is 2. The molecule has 2 unspecified atom stereocenters. The summed E-state index contributed by atoms with van der Waals surface area (Å²) in [5.74, 6) is 1.42. The van der Waals surface area contributed by atoms with Gasteiger partial charge in [0.05, 0.1) is 0 Å². The Bertz CT molecular complexity index is 371. The largest absolute Gasteiger partial charge is 0.330 e. The lowest BCUT2D eigenvalue weighted by molar-refractivity contribution is 0.327. The van der Waals surface area contributed by atoms with E-state index in [2.05, 4.69) is 46.8 Å². The van der Waals surface area contributed by atoms with Crippen molar-refractivity contribution < 1.29 is 0 Å². The average Bonchev–Trinajstić information content (AvgIpc) is 2.28. The number of aryl methyl sites for hydroxylation is 3. The molecule has 0 aromatic heterocycles. The third-order valence-corrected chi connectivity index (χ3v) is 4.33. The molecule has 0 spiro atoms. The molecular formula is C16H28N2. The van der Waals surface area contributed by atoms with Crippen molar-refractivity contribution in [2.75, 3.05) is 13.1 Å². The molecule has 0 aliphatic heterocycles. The Balaban J connectivity index is 3.07. The highest BCUT2D eigenvalue weighted by molar-refractivity contribution is 5.40. The maximum Gasteiger partial charge on any atom is -0.00340 e. The van der Waals surface area contributed by atoms with Gasteiger partial charge in [-0.25, -0.2) is 0 Å². The van der Waals surface area contributed by atoms with Crippen LogP contribution in [0.4, 0.5) is 0 Å². The van der Waals surface area contributed by atoms with Crippen molar-refractivity contribution in [3.8, 4) is 0 Å². The van der Waals surface area contributed by atoms with E-state index in [-0.39, 0.29) is 0 Å². The minimum absolute atomic E-state index is 0.403. The number of hydrogen-bond donors (Lipinski definition) is 2. The highest BCUT2D eigenvalue weighted by atomic mass is 14.6. The van der Waals surface area contributed by atoms with Crippen molar-refractivity contribution in [2.24, 2.45) is 23.3 Å². The van der Waals surface area contributed by atoms with Gasteiger partial charge in [0.2, 0.25) is 0 Å². The summed E-state index contributed by atoms with van der Waals surface area (Å²) < 4.78 is 0. The Kier molecular flexibility index (Phi) is 5.36. The van der Waals surface area contributed by atoms with Gasteiger partial charge in [-0.3, -0.25) is 0 Å². The summed E-state index contributed by atoms with van der Waals surface area (Å²) in [4.78, 5) is 0. The SMILES string of the molecule is Cc1cc(C)c(C(C)C(C)C(CN)CN)c(C)c1. The van der Waals surface area contributed by atoms with E-state index in [1.807, 2.05) is 0 Å². The van der Waals surface area contributed by atoms with Crippen LogP contribution in [0.25, 0.3) is 0 Å². The number of nitrogens with two attached hydrogens (primary N) is 2. The second kappa shape index (κ2) is 6.35. The van der Waals surface area contributed by atoms with Gasteiger partial charge in [-0.2, -0.15) is 0 Å². The molecule has 2 heteroatoms. The average molecular weight is 248 g/mol. The van der Waals surface area contributed by atoms with Crippen LogP contribution >= 0.6 is 0 Å². The molecule has 2 atom stereocenters. The van der Waals surface area contributed by atoms with Gasteiger partial charge < -0.3 is 11.5 Å². The van der Waals surface area contributed by atoms with Crippen LogP contribution in [-0.4, -0.2) is 13.1 Å². The minimum Gasteiger partial charge on any atom is -0.330 e. The summed E-state index contributed by atoms with van der Waals surface area (Å²) in [5, 5.41) is 0. The fraction of sp³-hybridized carbons (Fsp3) is 0.625. The quantitative estimate of drug-likeness (QED) is 0.842. The number of benzene rings is 1. The zero-order valence-electron chi connectivity index (χ0n) is 12.5. The maximum atomic E-state index is 5.82. The van der Waals surface area contributed by atoms with Gasteiger partial charge in [-0.1, -0.05) is 31.5 Å². The zero-order valence-corrected chi connectivity index (χ0v) is 12.5. The van der Waals surface area contributed by atoms with Gasteiger partial charge in [0, 0.05) is 0 Å². The van der Waals surface area contributed by atoms with Gasteiger partial charge >= 0.3 is 0 Å². The van der Waals surface area contributed by atoms with E-state index < -0.39 is 0 Å². The minimum atomic E-state index is 0.403. The van der Waals surface area contributed by atoms with Gasteiger partial charge in [-0.15, -0.1) is 0 Å². The topological polar surface area (TPSA) is 52.0 Å². The molecule has 4 N–H and O–H groups in total. The van der Waals surface area contributed by atoms with Crippen LogP contribution in [0.2, 0.25) is 0 Å². The molecule has 0 radical (unpaired) electrons. The Morgan fingerprint density at radius 1 is 0.944 bits per heavy atom. The van der Waals surface area contributed by atoms with E-state index in [4.69, 9.17) is 11.5 Å². The van der Waals surface area contributed by atoms with Crippen LogP contribution in [0.3, 0.4) is 0 Å². The third kappa shape index (κ3) is 3.12.